The van der Waals surface area contributed by atoms with Crippen LogP contribution in [0.4, 0.5) is 11.4 Å². The number of carbonyl (C=O) groups excluding carboxylic acids is 2. The third-order valence-electron chi connectivity index (χ3n) is 4.31. The number of hydrogen-bond donors (Lipinski definition) is 3. The van der Waals surface area contributed by atoms with Crippen LogP contribution < -0.4 is 16.0 Å². The monoisotopic (exact) mass is 353 g/mol. The van der Waals surface area contributed by atoms with Gasteiger partial charge >= 0.3 is 0 Å². The van der Waals surface area contributed by atoms with E-state index in [9.17, 15) is 9.59 Å². The van der Waals surface area contributed by atoms with Crippen molar-refractivity contribution in [3.63, 3.8) is 0 Å². The Bertz CT molecular complexity index is 766. The van der Waals surface area contributed by atoms with Crippen molar-refractivity contribution in [3.8, 4) is 0 Å². The molecule has 2 aromatic carbocycles. The molecule has 0 heterocycles. The summed E-state index contributed by atoms with van der Waals surface area (Å²) >= 11 is 0. The second-order valence-corrected chi connectivity index (χ2v) is 6.53. The first-order chi connectivity index (χ1) is 12.4. The van der Waals surface area contributed by atoms with Crippen LogP contribution in [0.2, 0.25) is 0 Å². The predicted molar refractivity (Wildman–Crippen MR) is 107 cm³/mol. The van der Waals surface area contributed by atoms with E-state index in [-0.39, 0.29) is 24.4 Å². The number of hydrogen-bond acceptors (Lipinski definition) is 3. The highest BCUT2D eigenvalue weighted by Gasteiger charge is 2.10. The Balaban J connectivity index is 1.96. The number of para-hydroxylation sites is 1. The lowest BCUT2D eigenvalue weighted by Gasteiger charge is -2.14. The van der Waals surface area contributed by atoms with Gasteiger partial charge in [-0.25, -0.2) is 0 Å². The fourth-order valence-corrected chi connectivity index (χ4v) is 2.56. The third kappa shape index (κ3) is 5.34. The van der Waals surface area contributed by atoms with Gasteiger partial charge in [-0.05, 0) is 56.5 Å². The van der Waals surface area contributed by atoms with Crippen LogP contribution in [0, 0.1) is 13.8 Å². The van der Waals surface area contributed by atoms with Gasteiger partial charge in [-0.1, -0.05) is 31.2 Å². The van der Waals surface area contributed by atoms with Crippen LogP contribution in [0.25, 0.3) is 0 Å². The van der Waals surface area contributed by atoms with Crippen LogP contribution in [-0.2, 0) is 4.79 Å². The molecular formula is C21H27N3O2. The maximum atomic E-state index is 12.2. The summed E-state index contributed by atoms with van der Waals surface area (Å²) < 4.78 is 0. The normalized spacial score (nSPS) is 11.5. The summed E-state index contributed by atoms with van der Waals surface area (Å²) in [6.45, 7) is 8.06. The fraction of sp³-hybridized carbons (Fsp3) is 0.333. The van der Waals surface area contributed by atoms with Gasteiger partial charge in [0.2, 0.25) is 5.91 Å². The lowest BCUT2D eigenvalue weighted by Crippen LogP contribution is -2.31. The summed E-state index contributed by atoms with van der Waals surface area (Å²) in [7, 11) is 0. The molecule has 2 rings (SSSR count). The van der Waals surface area contributed by atoms with Crippen LogP contribution in [0.1, 0.15) is 41.8 Å². The molecule has 26 heavy (non-hydrogen) atoms. The molecule has 1 atom stereocenters. The summed E-state index contributed by atoms with van der Waals surface area (Å²) in [5.74, 6) is -0.236. The number of carbonyl (C=O) groups is 2. The van der Waals surface area contributed by atoms with Crippen LogP contribution in [0.5, 0.6) is 0 Å². The van der Waals surface area contributed by atoms with Crippen molar-refractivity contribution >= 4 is 23.2 Å². The van der Waals surface area contributed by atoms with E-state index in [1.54, 1.807) is 18.2 Å². The smallest absolute Gasteiger partial charge is 0.251 e. The number of amides is 2. The Morgan fingerprint density at radius 3 is 2.35 bits per heavy atom. The van der Waals surface area contributed by atoms with Gasteiger partial charge in [0.15, 0.2) is 0 Å². The Labute approximate surface area is 155 Å². The quantitative estimate of drug-likeness (QED) is 0.707. The minimum absolute atomic E-state index is 0.108. The van der Waals surface area contributed by atoms with Crippen molar-refractivity contribution in [2.75, 3.05) is 17.2 Å². The highest BCUT2D eigenvalue weighted by Crippen LogP contribution is 2.19. The molecule has 0 aliphatic heterocycles. The van der Waals surface area contributed by atoms with Crippen molar-refractivity contribution in [2.24, 2.45) is 0 Å². The maximum absolute atomic E-state index is 12.2. The van der Waals surface area contributed by atoms with E-state index in [4.69, 9.17) is 0 Å². The van der Waals surface area contributed by atoms with E-state index in [1.165, 1.54) is 0 Å². The van der Waals surface area contributed by atoms with E-state index < -0.39 is 0 Å². The average Bonchev–Trinajstić information content (AvgIpc) is 2.63. The predicted octanol–water partition coefficient (Wildman–Crippen LogP) is 3.88. The molecule has 1 unspecified atom stereocenters. The summed E-state index contributed by atoms with van der Waals surface area (Å²) in [4.78, 5) is 24.4. The second kappa shape index (κ2) is 9.04. The van der Waals surface area contributed by atoms with Crippen LogP contribution >= 0.6 is 0 Å². The number of benzene rings is 2. The Hall–Kier alpha value is -2.82. The molecule has 0 radical (unpaired) electrons. The lowest BCUT2D eigenvalue weighted by atomic mass is 10.1. The standard InChI is InChI=1S/C21H27N3O2/c1-5-16(4)23-21(26)17-10-7-11-18(12-17)22-13-19(25)24-20-14(2)8-6-9-15(20)3/h6-12,16,22H,5,13H2,1-4H3,(H,23,26)(H,24,25). The maximum Gasteiger partial charge on any atom is 0.251 e. The van der Waals surface area contributed by atoms with Crippen molar-refractivity contribution in [1.29, 1.82) is 0 Å². The van der Waals surface area contributed by atoms with Gasteiger partial charge in [-0.3, -0.25) is 9.59 Å². The topological polar surface area (TPSA) is 70.2 Å². The Kier molecular flexibility index (Phi) is 6.78. The van der Waals surface area contributed by atoms with Crippen LogP contribution in [0.3, 0.4) is 0 Å². The lowest BCUT2D eigenvalue weighted by molar-refractivity contribution is -0.114. The zero-order valence-electron chi connectivity index (χ0n) is 15.8. The van der Waals surface area contributed by atoms with Gasteiger partial charge in [0, 0.05) is 23.0 Å². The first-order valence-corrected chi connectivity index (χ1v) is 8.91. The zero-order chi connectivity index (χ0) is 19.1. The largest absolute Gasteiger partial charge is 0.376 e. The molecule has 3 N–H and O–H groups in total. The molecule has 2 aromatic rings. The van der Waals surface area contributed by atoms with E-state index in [0.717, 1.165) is 28.9 Å². The van der Waals surface area contributed by atoms with Crippen molar-refractivity contribution in [2.45, 2.75) is 40.2 Å². The van der Waals surface area contributed by atoms with Crippen molar-refractivity contribution < 1.29 is 9.59 Å². The van der Waals surface area contributed by atoms with E-state index in [0.29, 0.717) is 5.56 Å². The summed E-state index contributed by atoms with van der Waals surface area (Å²) in [6.07, 6.45) is 0.877. The molecule has 0 spiro atoms. The zero-order valence-corrected chi connectivity index (χ0v) is 15.8. The first kappa shape index (κ1) is 19.5. The first-order valence-electron chi connectivity index (χ1n) is 8.91. The van der Waals surface area contributed by atoms with Gasteiger partial charge in [-0.2, -0.15) is 0 Å². The molecule has 0 fully saturated rings. The van der Waals surface area contributed by atoms with Gasteiger partial charge in [0.25, 0.3) is 5.91 Å². The number of nitrogens with one attached hydrogen (secondary N) is 3. The molecule has 0 saturated carbocycles. The summed E-state index contributed by atoms with van der Waals surface area (Å²) in [6, 6.07) is 13.2. The van der Waals surface area contributed by atoms with Gasteiger partial charge in [-0.15, -0.1) is 0 Å². The molecule has 138 valence electrons. The SMILES string of the molecule is CCC(C)NC(=O)c1cccc(NCC(=O)Nc2c(C)cccc2C)c1. The summed E-state index contributed by atoms with van der Waals surface area (Å²) in [5.41, 5.74) is 4.22. The third-order valence-corrected chi connectivity index (χ3v) is 4.31. The molecule has 5 nitrogen and oxygen atoms in total. The molecule has 0 aromatic heterocycles. The fourth-order valence-electron chi connectivity index (χ4n) is 2.56. The van der Waals surface area contributed by atoms with E-state index in [2.05, 4.69) is 16.0 Å². The van der Waals surface area contributed by atoms with Gasteiger partial charge < -0.3 is 16.0 Å². The van der Waals surface area contributed by atoms with E-state index >= 15 is 0 Å². The number of aryl methyl sites for hydroxylation is 2. The highest BCUT2D eigenvalue weighted by molar-refractivity contribution is 5.96. The highest BCUT2D eigenvalue weighted by atomic mass is 16.2. The van der Waals surface area contributed by atoms with Crippen LogP contribution in [-0.4, -0.2) is 24.4 Å². The molecule has 2 amide bonds. The molecule has 0 aliphatic rings. The van der Waals surface area contributed by atoms with Gasteiger partial charge in [0.1, 0.15) is 0 Å². The van der Waals surface area contributed by atoms with E-state index in [1.807, 2.05) is 52.0 Å². The van der Waals surface area contributed by atoms with Crippen molar-refractivity contribution in [1.82, 2.24) is 5.32 Å². The second-order valence-electron chi connectivity index (χ2n) is 6.53. The molecule has 0 aliphatic carbocycles. The average molecular weight is 353 g/mol. The van der Waals surface area contributed by atoms with Crippen LogP contribution in [0.15, 0.2) is 42.5 Å². The minimum atomic E-state index is -0.128. The van der Waals surface area contributed by atoms with Gasteiger partial charge in [0.05, 0.1) is 6.54 Å². The number of rotatable bonds is 7. The molecular weight excluding hydrogens is 326 g/mol. The Morgan fingerprint density at radius 2 is 1.69 bits per heavy atom. The molecule has 0 saturated heterocycles. The Morgan fingerprint density at radius 1 is 1.04 bits per heavy atom. The molecule has 0 bridgehead atoms. The number of anilines is 2. The summed E-state index contributed by atoms with van der Waals surface area (Å²) in [5, 5.41) is 8.95. The minimum Gasteiger partial charge on any atom is -0.376 e. The molecule has 5 heteroatoms. The van der Waals surface area contributed by atoms with Crippen molar-refractivity contribution in [3.05, 3.63) is 59.2 Å².